The second-order valence-electron chi connectivity index (χ2n) is 6.62. The second kappa shape index (κ2) is 7.84. The summed E-state index contributed by atoms with van der Waals surface area (Å²) in [6.07, 6.45) is -0.0808. The van der Waals surface area contributed by atoms with Gasteiger partial charge in [-0.3, -0.25) is 9.59 Å². The van der Waals surface area contributed by atoms with Crippen molar-refractivity contribution < 1.29 is 23.1 Å². The molecule has 0 bridgehead atoms. The van der Waals surface area contributed by atoms with E-state index in [2.05, 4.69) is 10.0 Å². The summed E-state index contributed by atoms with van der Waals surface area (Å²) in [7, 11) is -3.73. The fourth-order valence-corrected chi connectivity index (χ4v) is 3.27. The van der Waals surface area contributed by atoms with Crippen LogP contribution in [0.1, 0.15) is 20.3 Å². The van der Waals surface area contributed by atoms with Crippen molar-refractivity contribution in [2.75, 3.05) is 13.1 Å². The van der Waals surface area contributed by atoms with Crippen molar-refractivity contribution in [3.63, 3.8) is 0 Å². The molecule has 7 nitrogen and oxygen atoms in total. The van der Waals surface area contributed by atoms with Gasteiger partial charge in [0.05, 0.1) is 10.3 Å². The van der Waals surface area contributed by atoms with Crippen LogP contribution < -0.4 is 10.0 Å². The van der Waals surface area contributed by atoms with Crippen molar-refractivity contribution in [1.29, 1.82) is 0 Å². The van der Waals surface area contributed by atoms with Crippen LogP contribution in [0.15, 0.2) is 47.4 Å². The number of fused-ring (bicyclic) bond motifs is 1. The van der Waals surface area contributed by atoms with Gasteiger partial charge in [0.1, 0.15) is 0 Å². The molecule has 0 radical (unpaired) electrons. The second-order valence-corrected chi connectivity index (χ2v) is 8.39. The zero-order valence-corrected chi connectivity index (χ0v) is 15.5. The third-order valence-corrected chi connectivity index (χ3v) is 5.44. The summed E-state index contributed by atoms with van der Waals surface area (Å²) in [5.41, 5.74) is -1.08. The Morgan fingerprint density at radius 3 is 2.38 bits per heavy atom. The molecule has 26 heavy (non-hydrogen) atoms. The molecule has 1 amide bonds. The van der Waals surface area contributed by atoms with E-state index in [1.807, 2.05) is 24.3 Å². The summed E-state index contributed by atoms with van der Waals surface area (Å²) in [4.78, 5) is 22.9. The van der Waals surface area contributed by atoms with E-state index in [0.717, 1.165) is 10.8 Å². The highest BCUT2D eigenvalue weighted by Crippen LogP contribution is 2.18. The van der Waals surface area contributed by atoms with Crippen molar-refractivity contribution in [3.8, 4) is 0 Å². The quantitative estimate of drug-likeness (QED) is 0.648. The van der Waals surface area contributed by atoms with Gasteiger partial charge in [-0.2, -0.15) is 0 Å². The normalized spacial score (nSPS) is 12.1. The van der Waals surface area contributed by atoms with Crippen molar-refractivity contribution in [2.45, 2.75) is 25.2 Å². The van der Waals surface area contributed by atoms with Gasteiger partial charge in [-0.05, 0) is 36.8 Å². The zero-order chi connectivity index (χ0) is 19.4. The lowest BCUT2D eigenvalue weighted by Gasteiger charge is -2.19. The minimum absolute atomic E-state index is 0.0292. The highest BCUT2D eigenvalue weighted by molar-refractivity contribution is 7.89. The van der Waals surface area contributed by atoms with Crippen molar-refractivity contribution in [3.05, 3.63) is 42.5 Å². The van der Waals surface area contributed by atoms with Gasteiger partial charge in [0.2, 0.25) is 15.9 Å². The molecule has 2 aromatic carbocycles. The van der Waals surface area contributed by atoms with Crippen LogP contribution >= 0.6 is 0 Å². The van der Waals surface area contributed by atoms with E-state index in [9.17, 15) is 18.0 Å². The Kier molecular flexibility index (Phi) is 5.99. The van der Waals surface area contributed by atoms with Crippen LogP contribution in [0.3, 0.4) is 0 Å². The summed E-state index contributed by atoms with van der Waals surface area (Å²) >= 11 is 0. The maximum Gasteiger partial charge on any atom is 0.310 e. The maximum atomic E-state index is 12.3. The van der Waals surface area contributed by atoms with Crippen LogP contribution in [-0.4, -0.2) is 38.5 Å². The van der Waals surface area contributed by atoms with Gasteiger partial charge in [0.15, 0.2) is 0 Å². The van der Waals surface area contributed by atoms with E-state index in [-0.39, 0.29) is 24.4 Å². The molecule has 0 saturated carbocycles. The standard InChI is InChI=1S/C18H22N2O5S/c1-18(2,17(22)23)12-19-16(21)9-10-20-26(24,25)15-8-7-13-5-3-4-6-14(13)11-15/h3-8,11,20H,9-10,12H2,1-2H3,(H,19,21)(H,22,23). The molecule has 140 valence electrons. The highest BCUT2D eigenvalue weighted by atomic mass is 32.2. The van der Waals surface area contributed by atoms with Crippen molar-refractivity contribution in [1.82, 2.24) is 10.0 Å². The maximum absolute atomic E-state index is 12.3. The predicted molar refractivity (Wildman–Crippen MR) is 98.2 cm³/mol. The average Bonchev–Trinajstić information content (AvgIpc) is 2.59. The van der Waals surface area contributed by atoms with Gasteiger partial charge in [-0.25, -0.2) is 13.1 Å². The van der Waals surface area contributed by atoms with Crippen molar-refractivity contribution >= 4 is 32.7 Å². The van der Waals surface area contributed by atoms with Crippen LogP contribution in [0.4, 0.5) is 0 Å². The third-order valence-electron chi connectivity index (χ3n) is 3.98. The van der Waals surface area contributed by atoms with E-state index < -0.39 is 27.3 Å². The van der Waals surface area contributed by atoms with Crippen LogP contribution in [-0.2, 0) is 19.6 Å². The molecule has 0 aliphatic carbocycles. The number of carbonyl (C=O) groups excluding carboxylic acids is 1. The lowest BCUT2D eigenvalue weighted by Crippen LogP contribution is -2.40. The Bertz CT molecular complexity index is 922. The van der Waals surface area contributed by atoms with Gasteiger partial charge >= 0.3 is 5.97 Å². The Morgan fingerprint density at radius 1 is 1.08 bits per heavy atom. The first-order valence-corrected chi connectivity index (χ1v) is 9.59. The number of carboxylic acid groups (broad SMARTS) is 1. The molecule has 0 aliphatic heterocycles. The first-order chi connectivity index (χ1) is 12.1. The monoisotopic (exact) mass is 378 g/mol. The van der Waals surface area contributed by atoms with Crippen LogP contribution in [0, 0.1) is 5.41 Å². The molecule has 8 heteroatoms. The first-order valence-electron chi connectivity index (χ1n) is 8.10. The molecule has 3 N–H and O–H groups in total. The molecule has 0 aliphatic rings. The van der Waals surface area contributed by atoms with Gasteiger partial charge in [0, 0.05) is 19.5 Å². The van der Waals surface area contributed by atoms with Crippen LogP contribution in [0.2, 0.25) is 0 Å². The molecule has 0 unspecified atom stereocenters. The number of hydrogen-bond acceptors (Lipinski definition) is 4. The lowest BCUT2D eigenvalue weighted by atomic mass is 9.94. The van der Waals surface area contributed by atoms with Gasteiger partial charge in [-0.1, -0.05) is 30.3 Å². The first kappa shape index (κ1) is 19.9. The smallest absolute Gasteiger partial charge is 0.310 e. The van der Waals surface area contributed by atoms with E-state index in [1.165, 1.54) is 19.9 Å². The molecular formula is C18H22N2O5S. The van der Waals surface area contributed by atoms with E-state index in [1.54, 1.807) is 12.1 Å². The number of carbonyl (C=O) groups is 2. The molecule has 0 atom stereocenters. The number of benzene rings is 2. The van der Waals surface area contributed by atoms with Gasteiger partial charge in [-0.15, -0.1) is 0 Å². The molecule has 0 fully saturated rings. The number of rotatable bonds is 8. The fourth-order valence-electron chi connectivity index (χ4n) is 2.20. The van der Waals surface area contributed by atoms with Crippen LogP contribution in [0.25, 0.3) is 10.8 Å². The molecular weight excluding hydrogens is 356 g/mol. The fraction of sp³-hybridized carbons (Fsp3) is 0.333. The number of nitrogens with one attached hydrogen (secondary N) is 2. The lowest BCUT2D eigenvalue weighted by molar-refractivity contribution is -0.146. The molecule has 0 aromatic heterocycles. The number of sulfonamides is 1. The summed E-state index contributed by atoms with van der Waals surface area (Å²) in [5, 5.41) is 13.2. The number of amides is 1. The summed E-state index contributed by atoms with van der Waals surface area (Å²) in [6.45, 7) is 2.89. The summed E-state index contributed by atoms with van der Waals surface area (Å²) in [5.74, 6) is -1.43. The highest BCUT2D eigenvalue weighted by Gasteiger charge is 2.27. The number of carboxylic acids is 1. The minimum atomic E-state index is -3.73. The SMILES string of the molecule is CC(C)(CNC(=O)CCNS(=O)(=O)c1ccc2ccccc2c1)C(=O)O. The largest absolute Gasteiger partial charge is 0.481 e. The molecule has 2 aromatic rings. The molecule has 2 rings (SSSR count). The molecule has 0 spiro atoms. The Balaban J connectivity index is 1.91. The van der Waals surface area contributed by atoms with E-state index >= 15 is 0 Å². The summed E-state index contributed by atoms with van der Waals surface area (Å²) < 4.78 is 27.1. The Morgan fingerprint density at radius 2 is 1.73 bits per heavy atom. The Labute approximate surface area is 152 Å². The van der Waals surface area contributed by atoms with Gasteiger partial charge in [0.25, 0.3) is 0 Å². The van der Waals surface area contributed by atoms with Crippen molar-refractivity contribution in [2.24, 2.45) is 5.41 Å². The molecule has 0 heterocycles. The van der Waals surface area contributed by atoms with Crippen LogP contribution in [0.5, 0.6) is 0 Å². The number of hydrogen-bond donors (Lipinski definition) is 3. The zero-order valence-electron chi connectivity index (χ0n) is 14.7. The third kappa shape index (κ3) is 5.03. The average molecular weight is 378 g/mol. The summed E-state index contributed by atoms with van der Waals surface area (Å²) in [6, 6.07) is 12.2. The van der Waals surface area contributed by atoms with Gasteiger partial charge < -0.3 is 10.4 Å². The topological polar surface area (TPSA) is 113 Å². The van der Waals surface area contributed by atoms with E-state index in [4.69, 9.17) is 5.11 Å². The van der Waals surface area contributed by atoms with E-state index in [0.29, 0.717) is 0 Å². The number of aliphatic carboxylic acids is 1. The predicted octanol–water partition coefficient (Wildman–Crippen LogP) is 1.74. The Hall–Kier alpha value is -2.45. The minimum Gasteiger partial charge on any atom is -0.481 e. The molecule has 0 saturated heterocycles.